The third-order valence-corrected chi connectivity index (χ3v) is 4.66. The van der Waals surface area contributed by atoms with Crippen LogP contribution in [0.1, 0.15) is 43.2 Å². The van der Waals surface area contributed by atoms with Crippen molar-refractivity contribution in [3.8, 4) is 0 Å². The molecule has 0 radical (unpaired) electrons. The molecule has 0 heterocycles. The molecule has 1 N–H and O–H groups in total. The Labute approximate surface area is 124 Å². The first-order valence-corrected chi connectivity index (χ1v) is 8.04. The molecule has 0 spiro atoms. The van der Waals surface area contributed by atoms with E-state index in [2.05, 4.69) is 52.4 Å². The predicted octanol–water partition coefficient (Wildman–Crippen LogP) is 3.75. The fraction of sp³-hybridized carbons (Fsp3) is 0.562. The van der Waals surface area contributed by atoms with Gasteiger partial charge in [-0.3, -0.25) is 4.79 Å². The van der Waals surface area contributed by atoms with Crippen molar-refractivity contribution in [2.24, 2.45) is 0 Å². The first-order chi connectivity index (χ1) is 9.13. The van der Waals surface area contributed by atoms with E-state index in [1.165, 1.54) is 24.0 Å². The third-order valence-electron chi connectivity index (χ3n) is 3.75. The second kappa shape index (κ2) is 7.09. The van der Waals surface area contributed by atoms with Crippen LogP contribution in [0.4, 0.5) is 0 Å². The number of hydrogen-bond acceptors (Lipinski definition) is 1. The van der Waals surface area contributed by atoms with Gasteiger partial charge in [-0.1, -0.05) is 45.8 Å². The summed E-state index contributed by atoms with van der Waals surface area (Å²) >= 11 is 3.64. The molecule has 104 valence electrons. The van der Waals surface area contributed by atoms with Crippen molar-refractivity contribution in [2.45, 2.75) is 56.3 Å². The third kappa shape index (κ3) is 4.98. The number of nitrogens with one attached hydrogen (secondary N) is 1. The number of amides is 1. The molecular weight excluding hydrogens is 302 g/mol. The molecule has 1 fully saturated rings. The Hall–Kier alpha value is -0.830. The van der Waals surface area contributed by atoms with Crippen molar-refractivity contribution in [3.63, 3.8) is 0 Å². The van der Waals surface area contributed by atoms with Crippen molar-refractivity contribution in [1.82, 2.24) is 5.32 Å². The highest BCUT2D eigenvalue weighted by Crippen LogP contribution is 2.24. The molecule has 1 amide bonds. The van der Waals surface area contributed by atoms with Crippen LogP contribution in [0, 0.1) is 6.92 Å². The van der Waals surface area contributed by atoms with Gasteiger partial charge in [-0.25, -0.2) is 0 Å². The monoisotopic (exact) mass is 323 g/mol. The predicted molar refractivity (Wildman–Crippen MR) is 82.6 cm³/mol. The quantitative estimate of drug-likeness (QED) is 0.840. The van der Waals surface area contributed by atoms with Crippen molar-refractivity contribution >= 4 is 21.8 Å². The van der Waals surface area contributed by atoms with Crippen LogP contribution in [0.2, 0.25) is 0 Å². The Bertz CT molecular complexity index is 425. The Balaban J connectivity index is 1.73. The zero-order valence-electron chi connectivity index (χ0n) is 11.5. The van der Waals surface area contributed by atoms with Gasteiger partial charge in [0, 0.05) is 17.3 Å². The smallest absolute Gasteiger partial charge is 0.220 e. The molecule has 1 aliphatic carbocycles. The fourth-order valence-electron chi connectivity index (χ4n) is 2.62. The zero-order valence-corrected chi connectivity index (χ0v) is 13.1. The molecule has 0 aromatic heterocycles. The Morgan fingerprint density at radius 3 is 2.74 bits per heavy atom. The molecule has 1 aromatic rings. The van der Waals surface area contributed by atoms with Crippen molar-refractivity contribution in [3.05, 3.63) is 35.4 Å². The molecule has 2 rings (SSSR count). The highest BCUT2D eigenvalue weighted by atomic mass is 79.9. The molecule has 1 aromatic carbocycles. The minimum Gasteiger partial charge on any atom is -0.353 e. The number of alkyl halides is 1. The zero-order chi connectivity index (χ0) is 13.7. The molecule has 19 heavy (non-hydrogen) atoms. The van der Waals surface area contributed by atoms with E-state index >= 15 is 0 Å². The lowest BCUT2D eigenvalue weighted by Gasteiger charge is -2.26. The number of carbonyl (C=O) groups is 1. The molecule has 2 nitrogen and oxygen atoms in total. The first kappa shape index (κ1) is 14.6. The highest BCUT2D eigenvalue weighted by molar-refractivity contribution is 9.09. The van der Waals surface area contributed by atoms with E-state index in [-0.39, 0.29) is 5.91 Å². The summed E-state index contributed by atoms with van der Waals surface area (Å²) in [5.41, 5.74) is 2.51. The van der Waals surface area contributed by atoms with Gasteiger partial charge < -0.3 is 5.32 Å². The lowest BCUT2D eigenvalue weighted by Crippen LogP contribution is -2.37. The van der Waals surface area contributed by atoms with Gasteiger partial charge in [-0.2, -0.15) is 0 Å². The van der Waals surface area contributed by atoms with Crippen molar-refractivity contribution in [1.29, 1.82) is 0 Å². The van der Waals surface area contributed by atoms with Crippen LogP contribution < -0.4 is 5.32 Å². The Morgan fingerprint density at radius 2 is 2.05 bits per heavy atom. The molecule has 0 atom stereocenters. The number of carbonyl (C=O) groups excluding carboxylic acids is 1. The van der Waals surface area contributed by atoms with E-state index in [4.69, 9.17) is 0 Å². The van der Waals surface area contributed by atoms with E-state index in [0.29, 0.717) is 17.3 Å². The minimum absolute atomic E-state index is 0.194. The molecular formula is C16H22BrNO. The maximum absolute atomic E-state index is 11.9. The summed E-state index contributed by atoms with van der Waals surface area (Å²) in [7, 11) is 0. The standard InChI is InChI=1S/C16H22BrNO/c1-12-3-2-4-13(11-12)5-10-16(19)18-15-8-6-14(17)7-9-15/h2-4,11,14-15H,5-10H2,1H3,(H,18,19). The molecule has 1 saturated carbocycles. The number of rotatable bonds is 4. The molecule has 0 unspecified atom stereocenters. The van der Waals surface area contributed by atoms with Gasteiger partial charge in [0.15, 0.2) is 0 Å². The van der Waals surface area contributed by atoms with Crippen LogP contribution in [0.5, 0.6) is 0 Å². The second-order valence-corrected chi connectivity index (χ2v) is 6.80. The van der Waals surface area contributed by atoms with E-state index < -0.39 is 0 Å². The number of benzene rings is 1. The summed E-state index contributed by atoms with van der Waals surface area (Å²) in [5.74, 6) is 0.194. The van der Waals surface area contributed by atoms with Crippen LogP contribution in [0.15, 0.2) is 24.3 Å². The van der Waals surface area contributed by atoms with Crippen molar-refractivity contribution < 1.29 is 4.79 Å². The molecule has 0 bridgehead atoms. The average Bonchev–Trinajstić information content (AvgIpc) is 2.39. The van der Waals surface area contributed by atoms with E-state index in [9.17, 15) is 4.79 Å². The van der Waals surface area contributed by atoms with Crippen molar-refractivity contribution in [2.75, 3.05) is 0 Å². The average molecular weight is 324 g/mol. The minimum atomic E-state index is 0.194. The van der Waals surface area contributed by atoms with Crippen LogP contribution >= 0.6 is 15.9 Å². The number of hydrogen-bond donors (Lipinski definition) is 1. The van der Waals surface area contributed by atoms with Crippen LogP contribution in [-0.2, 0) is 11.2 Å². The largest absolute Gasteiger partial charge is 0.353 e. The maximum Gasteiger partial charge on any atom is 0.220 e. The van der Waals surface area contributed by atoms with Gasteiger partial charge >= 0.3 is 0 Å². The molecule has 1 aliphatic rings. The summed E-state index contributed by atoms with van der Waals surface area (Å²) in [5, 5.41) is 3.16. The van der Waals surface area contributed by atoms with Gasteiger partial charge in [-0.15, -0.1) is 0 Å². The SMILES string of the molecule is Cc1cccc(CCC(=O)NC2CCC(Br)CC2)c1. The normalized spacial score (nSPS) is 23.1. The van der Waals surface area contributed by atoms with E-state index in [1.807, 2.05) is 0 Å². The van der Waals surface area contributed by atoms with Gasteiger partial charge in [0.25, 0.3) is 0 Å². The lowest BCUT2D eigenvalue weighted by molar-refractivity contribution is -0.121. The summed E-state index contributed by atoms with van der Waals surface area (Å²) < 4.78 is 0. The fourth-order valence-corrected chi connectivity index (χ4v) is 3.15. The maximum atomic E-state index is 11.9. The Morgan fingerprint density at radius 1 is 1.32 bits per heavy atom. The van der Waals surface area contributed by atoms with Crippen LogP contribution in [0.3, 0.4) is 0 Å². The van der Waals surface area contributed by atoms with Gasteiger partial charge in [-0.05, 0) is 44.6 Å². The summed E-state index contributed by atoms with van der Waals surface area (Å²) in [6.45, 7) is 2.09. The van der Waals surface area contributed by atoms with Crippen LogP contribution in [-0.4, -0.2) is 16.8 Å². The summed E-state index contributed by atoms with van der Waals surface area (Å²) in [4.78, 5) is 12.6. The number of halogens is 1. The summed E-state index contributed by atoms with van der Waals surface area (Å²) in [6.07, 6.45) is 5.98. The first-order valence-electron chi connectivity index (χ1n) is 7.12. The van der Waals surface area contributed by atoms with E-state index in [1.54, 1.807) is 0 Å². The van der Waals surface area contributed by atoms with Gasteiger partial charge in [0.2, 0.25) is 5.91 Å². The Kier molecular flexibility index (Phi) is 5.44. The van der Waals surface area contributed by atoms with Crippen LogP contribution in [0.25, 0.3) is 0 Å². The second-order valence-electron chi connectivity index (χ2n) is 5.51. The highest BCUT2D eigenvalue weighted by Gasteiger charge is 2.20. The molecule has 0 aliphatic heterocycles. The lowest BCUT2D eigenvalue weighted by atomic mass is 9.95. The molecule has 0 saturated heterocycles. The van der Waals surface area contributed by atoms with Gasteiger partial charge in [0.05, 0.1) is 0 Å². The molecule has 3 heteroatoms. The van der Waals surface area contributed by atoms with E-state index in [0.717, 1.165) is 19.3 Å². The summed E-state index contributed by atoms with van der Waals surface area (Å²) in [6, 6.07) is 8.78. The van der Waals surface area contributed by atoms with Gasteiger partial charge in [0.1, 0.15) is 0 Å². The number of aryl methyl sites for hydroxylation is 2. The topological polar surface area (TPSA) is 29.1 Å².